The molecule has 106 valence electrons. The molecule has 6 nitrogen and oxygen atoms in total. The van der Waals surface area contributed by atoms with Crippen LogP contribution >= 0.6 is 0 Å². The van der Waals surface area contributed by atoms with Gasteiger partial charge in [-0.2, -0.15) is 0 Å². The van der Waals surface area contributed by atoms with Crippen LogP contribution in [-0.4, -0.2) is 52.6 Å². The second kappa shape index (κ2) is 6.68. The van der Waals surface area contributed by atoms with Crippen molar-refractivity contribution in [3.8, 4) is 0 Å². The van der Waals surface area contributed by atoms with Crippen molar-refractivity contribution in [2.24, 2.45) is 5.73 Å². The summed E-state index contributed by atoms with van der Waals surface area (Å²) in [6, 6.07) is 0.144. The molecular formula is C13H23N5O. The summed E-state index contributed by atoms with van der Waals surface area (Å²) in [4.78, 5) is 18.5. The van der Waals surface area contributed by atoms with Crippen molar-refractivity contribution in [2.75, 3.05) is 26.2 Å². The second-order valence-electron chi connectivity index (χ2n) is 5.17. The molecule has 2 heterocycles. The van der Waals surface area contributed by atoms with Gasteiger partial charge in [-0.15, -0.1) is 0 Å². The fourth-order valence-electron chi connectivity index (χ4n) is 2.44. The molecule has 1 aromatic rings. The molecule has 0 radical (unpaired) electrons. The highest BCUT2D eigenvalue weighted by Crippen LogP contribution is 2.07. The lowest BCUT2D eigenvalue weighted by Gasteiger charge is -2.20. The van der Waals surface area contributed by atoms with Crippen molar-refractivity contribution in [3.63, 3.8) is 0 Å². The molecule has 1 aliphatic heterocycles. The molecule has 0 spiro atoms. The van der Waals surface area contributed by atoms with Gasteiger partial charge in [0.1, 0.15) is 5.69 Å². The lowest BCUT2D eigenvalue weighted by molar-refractivity contribution is 0.0927. The molecule has 1 aliphatic rings. The van der Waals surface area contributed by atoms with E-state index in [0.29, 0.717) is 18.8 Å². The lowest BCUT2D eigenvalue weighted by atomic mass is 10.3. The standard InChI is InChI=1S/C13H23N5O/c1-11(8-17-5-2-3-6-17)16-13(19)12-9-18(7-4-14)10-15-12/h9-11H,2-8,14H2,1H3,(H,16,19). The Balaban J connectivity index is 1.81. The van der Waals surface area contributed by atoms with Gasteiger partial charge in [0.25, 0.3) is 5.91 Å². The third kappa shape index (κ3) is 4.04. The van der Waals surface area contributed by atoms with Crippen molar-refractivity contribution in [1.82, 2.24) is 19.8 Å². The minimum Gasteiger partial charge on any atom is -0.347 e. The summed E-state index contributed by atoms with van der Waals surface area (Å²) in [6.07, 6.45) is 5.92. The number of carbonyl (C=O) groups is 1. The van der Waals surface area contributed by atoms with Crippen LogP contribution in [-0.2, 0) is 6.54 Å². The number of nitrogens with one attached hydrogen (secondary N) is 1. The van der Waals surface area contributed by atoms with Gasteiger partial charge in [-0.05, 0) is 32.9 Å². The summed E-state index contributed by atoms with van der Waals surface area (Å²) >= 11 is 0. The Kier molecular flexibility index (Phi) is 4.93. The van der Waals surface area contributed by atoms with E-state index in [2.05, 4.69) is 15.2 Å². The number of carbonyl (C=O) groups excluding carboxylic acids is 1. The molecule has 2 rings (SSSR count). The fraction of sp³-hybridized carbons (Fsp3) is 0.692. The molecule has 19 heavy (non-hydrogen) atoms. The summed E-state index contributed by atoms with van der Waals surface area (Å²) in [7, 11) is 0. The number of aromatic nitrogens is 2. The largest absolute Gasteiger partial charge is 0.347 e. The number of hydrogen-bond donors (Lipinski definition) is 2. The van der Waals surface area contributed by atoms with E-state index in [-0.39, 0.29) is 11.9 Å². The van der Waals surface area contributed by atoms with Gasteiger partial charge in [0.2, 0.25) is 0 Å². The quantitative estimate of drug-likeness (QED) is 0.762. The molecule has 0 saturated carbocycles. The SMILES string of the molecule is CC(CN1CCCC1)NC(=O)c1cn(CCN)cn1. The molecule has 6 heteroatoms. The lowest BCUT2D eigenvalue weighted by Crippen LogP contribution is -2.41. The van der Waals surface area contributed by atoms with Gasteiger partial charge in [-0.1, -0.05) is 0 Å². The molecule has 1 aromatic heterocycles. The molecule has 1 saturated heterocycles. The summed E-state index contributed by atoms with van der Waals surface area (Å²) < 4.78 is 1.83. The zero-order valence-corrected chi connectivity index (χ0v) is 11.5. The van der Waals surface area contributed by atoms with E-state index in [1.165, 1.54) is 12.8 Å². The van der Waals surface area contributed by atoms with Crippen LogP contribution in [0, 0.1) is 0 Å². The maximum absolute atomic E-state index is 12.0. The van der Waals surface area contributed by atoms with E-state index < -0.39 is 0 Å². The predicted molar refractivity (Wildman–Crippen MR) is 73.9 cm³/mol. The highest BCUT2D eigenvalue weighted by molar-refractivity contribution is 5.92. The van der Waals surface area contributed by atoms with Crippen LogP contribution in [0.4, 0.5) is 0 Å². The highest BCUT2D eigenvalue weighted by Gasteiger charge is 2.17. The monoisotopic (exact) mass is 265 g/mol. The van der Waals surface area contributed by atoms with E-state index in [1.807, 2.05) is 11.5 Å². The Bertz CT molecular complexity index is 411. The zero-order chi connectivity index (χ0) is 13.7. The molecule has 0 aliphatic carbocycles. The average Bonchev–Trinajstić information content (AvgIpc) is 3.00. The van der Waals surface area contributed by atoms with Crippen molar-refractivity contribution in [1.29, 1.82) is 0 Å². The van der Waals surface area contributed by atoms with Gasteiger partial charge in [-0.3, -0.25) is 4.79 Å². The van der Waals surface area contributed by atoms with Gasteiger partial charge >= 0.3 is 0 Å². The first-order valence-corrected chi connectivity index (χ1v) is 6.94. The Hall–Kier alpha value is -1.40. The van der Waals surface area contributed by atoms with Crippen molar-refractivity contribution in [2.45, 2.75) is 32.4 Å². The summed E-state index contributed by atoms with van der Waals surface area (Å²) in [5, 5.41) is 2.99. The van der Waals surface area contributed by atoms with Crippen LogP contribution in [0.2, 0.25) is 0 Å². The molecule has 0 aromatic carbocycles. The molecule has 3 N–H and O–H groups in total. The van der Waals surface area contributed by atoms with Crippen LogP contribution in [0.1, 0.15) is 30.3 Å². The van der Waals surface area contributed by atoms with E-state index in [1.54, 1.807) is 12.5 Å². The number of nitrogens with two attached hydrogens (primary N) is 1. The zero-order valence-electron chi connectivity index (χ0n) is 11.5. The minimum atomic E-state index is -0.109. The normalized spacial score (nSPS) is 17.6. The molecule has 1 atom stereocenters. The predicted octanol–water partition coefficient (Wildman–Crippen LogP) is 0.0559. The van der Waals surface area contributed by atoms with Crippen LogP contribution in [0.5, 0.6) is 0 Å². The number of imidazole rings is 1. The van der Waals surface area contributed by atoms with Gasteiger partial charge in [0.05, 0.1) is 6.33 Å². The van der Waals surface area contributed by atoms with E-state index in [0.717, 1.165) is 19.6 Å². The average molecular weight is 265 g/mol. The maximum Gasteiger partial charge on any atom is 0.271 e. The van der Waals surface area contributed by atoms with Crippen LogP contribution in [0.3, 0.4) is 0 Å². The first kappa shape index (κ1) is 14.0. The molecule has 1 fully saturated rings. The number of amides is 1. The Morgan fingerprint density at radius 2 is 2.26 bits per heavy atom. The van der Waals surface area contributed by atoms with Crippen molar-refractivity contribution in [3.05, 3.63) is 18.2 Å². The van der Waals surface area contributed by atoms with Gasteiger partial charge in [0.15, 0.2) is 0 Å². The van der Waals surface area contributed by atoms with Crippen molar-refractivity contribution >= 4 is 5.91 Å². The number of likely N-dealkylation sites (tertiary alicyclic amines) is 1. The highest BCUT2D eigenvalue weighted by atomic mass is 16.2. The minimum absolute atomic E-state index is 0.109. The van der Waals surface area contributed by atoms with Gasteiger partial charge in [-0.25, -0.2) is 4.98 Å². The van der Waals surface area contributed by atoms with Crippen LogP contribution in [0.15, 0.2) is 12.5 Å². The first-order chi connectivity index (χ1) is 9.19. The third-order valence-electron chi connectivity index (χ3n) is 3.36. The van der Waals surface area contributed by atoms with E-state index in [4.69, 9.17) is 5.73 Å². The Morgan fingerprint density at radius 1 is 1.53 bits per heavy atom. The van der Waals surface area contributed by atoms with Crippen molar-refractivity contribution < 1.29 is 4.79 Å². The molecular weight excluding hydrogens is 242 g/mol. The molecule has 1 amide bonds. The van der Waals surface area contributed by atoms with Gasteiger partial charge in [0, 0.05) is 31.9 Å². The number of hydrogen-bond acceptors (Lipinski definition) is 4. The van der Waals surface area contributed by atoms with E-state index in [9.17, 15) is 4.79 Å². The van der Waals surface area contributed by atoms with Crippen LogP contribution < -0.4 is 11.1 Å². The first-order valence-electron chi connectivity index (χ1n) is 6.94. The summed E-state index contributed by atoms with van der Waals surface area (Å²) in [5.74, 6) is -0.109. The molecule has 1 unspecified atom stereocenters. The Labute approximate surface area is 114 Å². The summed E-state index contributed by atoms with van der Waals surface area (Å²) in [6.45, 7) is 6.46. The summed E-state index contributed by atoms with van der Waals surface area (Å²) in [5.41, 5.74) is 5.92. The van der Waals surface area contributed by atoms with Gasteiger partial charge < -0.3 is 20.5 Å². The molecule has 0 bridgehead atoms. The number of rotatable bonds is 6. The third-order valence-corrected chi connectivity index (χ3v) is 3.36. The smallest absolute Gasteiger partial charge is 0.271 e. The topological polar surface area (TPSA) is 76.2 Å². The maximum atomic E-state index is 12.0. The second-order valence-corrected chi connectivity index (χ2v) is 5.17. The number of nitrogens with zero attached hydrogens (tertiary/aromatic N) is 3. The fourth-order valence-corrected chi connectivity index (χ4v) is 2.44. The van der Waals surface area contributed by atoms with E-state index >= 15 is 0 Å². The van der Waals surface area contributed by atoms with Crippen LogP contribution in [0.25, 0.3) is 0 Å². The Morgan fingerprint density at radius 3 is 2.95 bits per heavy atom.